The van der Waals surface area contributed by atoms with Crippen molar-refractivity contribution in [2.45, 2.75) is 20.4 Å². The summed E-state index contributed by atoms with van der Waals surface area (Å²) in [6.07, 6.45) is 1.29. The third kappa shape index (κ3) is 3.99. The Morgan fingerprint density at radius 2 is 1.90 bits per heavy atom. The molecule has 0 saturated heterocycles. The van der Waals surface area contributed by atoms with Gasteiger partial charge in [0.2, 0.25) is 0 Å². The Bertz CT molecular complexity index is 1160. The maximum absolute atomic E-state index is 13.6. The molecule has 2 aromatic heterocycles. The van der Waals surface area contributed by atoms with Gasteiger partial charge in [0, 0.05) is 11.8 Å². The monoisotopic (exact) mass is 389 g/mol. The normalized spacial score (nSPS) is 10.1. The van der Waals surface area contributed by atoms with Crippen molar-refractivity contribution in [1.29, 1.82) is 5.26 Å². The van der Waals surface area contributed by atoms with Gasteiger partial charge in [0.05, 0.1) is 17.6 Å². The highest BCUT2D eigenvalue weighted by molar-refractivity contribution is 5.78. The van der Waals surface area contributed by atoms with Crippen molar-refractivity contribution < 1.29 is 4.39 Å². The minimum Gasteiger partial charge on any atom is -0.382 e. The molecule has 146 valence electrons. The molecule has 0 fully saturated rings. The molecule has 2 heterocycles. The van der Waals surface area contributed by atoms with Gasteiger partial charge in [-0.2, -0.15) is 5.26 Å². The van der Waals surface area contributed by atoms with Gasteiger partial charge in [0.15, 0.2) is 0 Å². The second kappa shape index (κ2) is 8.80. The van der Waals surface area contributed by atoms with Crippen LogP contribution in [0.25, 0.3) is 16.7 Å². The van der Waals surface area contributed by atoms with Crippen molar-refractivity contribution in [3.05, 3.63) is 72.1 Å². The highest BCUT2D eigenvalue weighted by Crippen LogP contribution is 2.24. The summed E-state index contributed by atoms with van der Waals surface area (Å²) < 4.78 is 15.6. The maximum Gasteiger partial charge on any atom is 0.149 e. The van der Waals surface area contributed by atoms with E-state index in [4.69, 9.17) is 5.73 Å². The standard InChI is InChI=1S/C19H14FN7.C2H6/c20-12-6-7-16-15(8-12)26-17(27(16)13-4-2-1-3-5-13)10-23-19-14(9-21)18(22)24-11-25-19;1-2/h1-8,11H,10H2,(H3,22,23,24,25);1-2H3. The summed E-state index contributed by atoms with van der Waals surface area (Å²) in [5.74, 6) is 0.717. The Hall–Kier alpha value is -3.99. The molecule has 4 aromatic rings. The molecule has 2 aromatic carbocycles. The lowest BCUT2D eigenvalue weighted by atomic mass is 10.2. The van der Waals surface area contributed by atoms with Crippen molar-refractivity contribution in [3.63, 3.8) is 0 Å². The van der Waals surface area contributed by atoms with Crippen LogP contribution in [0.3, 0.4) is 0 Å². The molecule has 0 aliphatic carbocycles. The van der Waals surface area contributed by atoms with Gasteiger partial charge in [-0.25, -0.2) is 19.3 Å². The number of imidazole rings is 1. The molecule has 7 nitrogen and oxygen atoms in total. The van der Waals surface area contributed by atoms with E-state index >= 15 is 0 Å². The number of halogens is 1. The van der Waals surface area contributed by atoms with E-state index in [9.17, 15) is 9.65 Å². The zero-order valence-electron chi connectivity index (χ0n) is 16.1. The summed E-state index contributed by atoms with van der Waals surface area (Å²) in [5.41, 5.74) is 8.11. The number of nitriles is 1. The smallest absolute Gasteiger partial charge is 0.149 e. The SMILES string of the molecule is CC.N#Cc1c(N)ncnc1NCc1nc2cc(F)ccc2n1-c1ccccc1. The minimum absolute atomic E-state index is 0.105. The van der Waals surface area contributed by atoms with Gasteiger partial charge < -0.3 is 11.1 Å². The molecule has 0 bridgehead atoms. The molecule has 8 heteroatoms. The van der Waals surface area contributed by atoms with E-state index in [1.807, 2.05) is 54.8 Å². The lowest BCUT2D eigenvalue weighted by Crippen LogP contribution is -2.10. The topological polar surface area (TPSA) is 105 Å². The van der Waals surface area contributed by atoms with E-state index in [2.05, 4.69) is 20.3 Å². The van der Waals surface area contributed by atoms with Crippen LogP contribution in [-0.4, -0.2) is 19.5 Å². The average molecular weight is 389 g/mol. The summed E-state index contributed by atoms with van der Waals surface area (Å²) >= 11 is 0. The van der Waals surface area contributed by atoms with Crippen LogP contribution in [0, 0.1) is 17.1 Å². The molecule has 0 aliphatic rings. The minimum atomic E-state index is -0.352. The van der Waals surface area contributed by atoms with Crippen molar-refractivity contribution >= 4 is 22.7 Å². The third-order valence-electron chi connectivity index (χ3n) is 4.10. The number of hydrogen-bond donors (Lipinski definition) is 2. The summed E-state index contributed by atoms with van der Waals surface area (Å²) in [4.78, 5) is 12.4. The zero-order chi connectivity index (χ0) is 20.8. The quantitative estimate of drug-likeness (QED) is 0.545. The van der Waals surface area contributed by atoms with Crippen LogP contribution < -0.4 is 11.1 Å². The Morgan fingerprint density at radius 3 is 2.62 bits per heavy atom. The van der Waals surface area contributed by atoms with Crippen LogP contribution >= 0.6 is 0 Å². The first-order valence-electron chi connectivity index (χ1n) is 9.14. The van der Waals surface area contributed by atoms with Crippen molar-refractivity contribution in [3.8, 4) is 11.8 Å². The van der Waals surface area contributed by atoms with Crippen molar-refractivity contribution in [2.75, 3.05) is 11.1 Å². The number of benzene rings is 2. The Morgan fingerprint density at radius 1 is 1.14 bits per heavy atom. The first kappa shape index (κ1) is 19.8. The number of nitrogens with zero attached hydrogens (tertiary/aromatic N) is 5. The second-order valence-electron chi connectivity index (χ2n) is 5.78. The van der Waals surface area contributed by atoms with Crippen LogP contribution in [0.15, 0.2) is 54.9 Å². The molecule has 29 heavy (non-hydrogen) atoms. The van der Waals surface area contributed by atoms with Gasteiger partial charge in [-0.1, -0.05) is 32.0 Å². The number of anilines is 2. The fraction of sp³-hybridized carbons (Fsp3) is 0.143. The second-order valence-corrected chi connectivity index (χ2v) is 5.78. The summed E-state index contributed by atoms with van der Waals surface area (Å²) in [7, 11) is 0. The fourth-order valence-corrected chi connectivity index (χ4v) is 2.89. The number of nitrogens with one attached hydrogen (secondary N) is 1. The number of para-hydroxylation sites is 1. The predicted molar refractivity (Wildman–Crippen MR) is 111 cm³/mol. The number of aromatic nitrogens is 4. The van der Waals surface area contributed by atoms with Gasteiger partial charge in [-0.05, 0) is 24.3 Å². The fourth-order valence-electron chi connectivity index (χ4n) is 2.89. The van der Waals surface area contributed by atoms with E-state index in [1.165, 1.54) is 18.5 Å². The van der Waals surface area contributed by atoms with E-state index in [0.717, 1.165) is 11.2 Å². The zero-order valence-corrected chi connectivity index (χ0v) is 16.1. The molecule has 0 aliphatic heterocycles. The number of rotatable bonds is 4. The average Bonchev–Trinajstić information content (AvgIpc) is 3.11. The third-order valence-corrected chi connectivity index (χ3v) is 4.10. The van der Waals surface area contributed by atoms with Gasteiger partial charge in [0.25, 0.3) is 0 Å². The van der Waals surface area contributed by atoms with Crippen molar-refractivity contribution in [1.82, 2.24) is 19.5 Å². The molecule has 0 spiro atoms. The van der Waals surface area contributed by atoms with Crippen LogP contribution in [0.5, 0.6) is 0 Å². The Kier molecular flexibility index (Phi) is 6.00. The first-order valence-corrected chi connectivity index (χ1v) is 9.14. The molecule has 3 N–H and O–H groups in total. The summed E-state index contributed by atoms with van der Waals surface area (Å²) in [6, 6.07) is 16.1. The van der Waals surface area contributed by atoms with Gasteiger partial charge in [0.1, 0.15) is 41.2 Å². The summed E-state index contributed by atoms with van der Waals surface area (Å²) in [5, 5.41) is 12.3. The predicted octanol–water partition coefficient (Wildman–Crippen LogP) is 4.05. The van der Waals surface area contributed by atoms with E-state index in [-0.39, 0.29) is 23.7 Å². The van der Waals surface area contributed by atoms with Crippen LogP contribution in [0.4, 0.5) is 16.0 Å². The molecule has 0 atom stereocenters. The van der Waals surface area contributed by atoms with E-state index in [0.29, 0.717) is 17.2 Å². The van der Waals surface area contributed by atoms with Crippen LogP contribution in [0.2, 0.25) is 0 Å². The van der Waals surface area contributed by atoms with E-state index < -0.39 is 0 Å². The number of nitrogens with two attached hydrogens (primary N) is 1. The van der Waals surface area contributed by atoms with E-state index in [1.54, 1.807) is 6.07 Å². The van der Waals surface area contributed by atoms with Crippen LogP contribution in [-0.2, 0) is 6.54 Å². The molecular formula is C21H20FN7. The highest BCUT2D eigenvalue weighted by atomic mass is 19.1. The molecule has 0 amide bonds. The number of nitrogen functional groups attached to an aromatic ring is 1. The molecule has 0 saturated carbocycles. The molecule has 0 unspecified atom stereocenters. The van der Waals surface area contributed by atoms with Gasteiger partial charge in [-0.15, -0.1) is 0 Å². The summed E-state index contributed by atoms with van der Waals surface area (Å²) in [6.45, 7) is 4.26. The maximum atomic E-state index is 13.6. The molecule has 4 rings (SSSR count). The Labute approximate surface area is 167 Å². The first-order chi connectivity index (χ1) is 14.2. The number of hydrogen-bond acceptors (Lipinski definition) is 6. The number of fused-ring (bicyclic) bond motifs is 1. The lowest BCUT2D eigenvalue weighted by molar-refractivity contribution is 0.629. The van der Waals surface area contributed by atoms with Crippen LogP contribution in [0.1, 0.15) is 25.2 Å². The largest absolute Gasteiger partial charge is 0.382 e. The Balaban J connectivity index is 0.00000117. The highest BCUT2D eigenvalue weighted by Gasteiger charge is 2.15. The molecular weight excluding hydrogens is 369 g/mol. The lowest BCUT2D eigenvalue weighted by Gasteiger charge is -2.11. The van der Waals surface area contributed by atoms with Crippen molar-refractivity contribution in [2.24, 2.45) is 0 Å². The van der Waals surface area contributed by atoms with Gasteiger partial charge in [-0.3, -0.25) is 4.57 Å². The molecule has 0 radical (unpaired) electrons. The van der Waals surface area contributed by atoms with Gasteiger partial charge >= 0.3 is 0 Å².